The Bertz CT molecular complexity index is 2050. The molecule has 44 heavy (non-hydrogen) atoms. The highest BCUT2D eigenvalue weighted by molar-refractivity contribution is 7.91. The smallest absolute Gasteiger partial charge is 0.322 e. The molecule has 4 aromatic carbocycles. The van der Waals surface area contributed by atoms with Gasteiger partial charge < -0.3 is 25.4 Å². The van der Waals surface area contributed by atoms with Crippen LogP contribution in [-0.4, -0.2) is 62.1 Å². The van der Waals surface area contributed by atoms with Crippen LogP contribution in [-0.2, 0) is 24.7 Å². The third kappa shape index (κ3) is 6.91. The van der Waals surface area contributed by atoms with Crippen molar-refractivity contribution in [2.75, 3.05) is 24.7 Å². The quantitative estimate of drug-likeness (QED) is 0.0991. The van der Waals surface area contributed by atoms with E-state index in [-0.39, 0.29) is 55.7 Å². The molecular weight excluding hydrogens is 618 g/mol. The molecule has 0 aliphatic heterocycles. The summed E-state index contributed by atoms with van der Waals surface area (Å²) >= 11 is 0. The van der Waals surface area contributed by atoms with E-state index in [9.17, 15) is 36.4 Å². The summed E-state index contributed by atoms with van der Waals surface area (Å²) in [4.78, 5) is 10.1. The molecule has 0 unspecified atom stereocenters. The number of benzene rings is 4. The van der Waals surface area contributed by atoms with Gasteiger partial charge in [-0.05, 0) is 54.6 Å². The van der Waals surface area contributed by atoms with Gasteiger partial charge in [0.1, 0.15) is 45.7 Å². The number of hydrogen-bond donors (Lipinski definition) is 5. The molecule has 0 atom stereocenters. The third-order valence-corrected chi connectivity index (χ3v) is 8.82. The van der Waals surface area contributed by atoms with Crippen LogP contribution < -0.4 is 10.1 Å². The van der Waals surface area contributed by atoms with Crippen molar-refractivity contribution in [3.63, 3.8) is 0 Å². The monoisotopic (exact) mass is 643 g/mol. The zero-order chi connectivity index (χ0) is 32.2. The summed E-state index contributed by atoms with van der Waals surface area (Å²) in [5.41, 5.74) is -0.234. The van der Waals surface area contributed by atoms with Crippen LogP contribution in [0.4, 0.5) is 28.4 Å². The van der Waals surface area contributed by atoms with Crippen molar-refractivity contribution in [1.82, 2.24) is 0 Å². The molecule has 15 nitrogen and oxygen atoms in total. The number of anilines is 1. The Labute approximate surface area is 250 Å². The van der Waals surface area contributed by atoms with Crippen LogP contribution in [0, 0.1) is 0 Å². The fourth-order valence-corrected chi connectivity index (χ4v) is 5.56. The Morgan fingerprint density at radius 3 is 2.16 bits per heavy atom. The van der Waals surface area contributed by atoms with E-state index < -0.39 is 43.1 Å². The molecule has 0 saturated heterocycles. The van der Waals surface area contributed by atoms with Gasteiger partial charge in [0.05, 0.1) is 23.4 Å². The van der Waals surface area contributed by atoms with Gasteiger partial charge in [-0.3, -0.25) is 9.35 Å². The first-order valence-corrected chi connectivity index (χ1v) is 15.6. The largest absolute Gasteiger partial charge is 0.506 e. The Balaban J connectivity index is 1.85. The van der Waals surface area contributed by atoms with Gasteiger partial charge in [-0.15, -0.1) is 20.5 Å². The Kier molecular flexibility index (Phi) is 9.12. The molecular formula is C27H25N5O10S2. The number of aliphatic carboxylic acids is 1. The maximum Gasteiger partial charge on any atom is 0.322 e. The molecule has 0 aromatic heterocycles. The minimum atomic E-state index is -4.95. The van der Waals surface area contributed by atoms with Crippen LogP contribution in [0.2, 0.25) is 0 Å². The van der Waals surface area contributed by atoms with E-state index in [0.29, 0.717) is 5.75 Å². The van der Waals surface area contributed by atoms with Crippen molar-refractivity contribution in [2.24, 2.45) is 20.5 Å². The van der Waals surface area contributed by atoms with Crippen molar-refractivity contribution in [2.45, 2.75) is 16.7 Å². The van der Waals surface area contributed by atoms with Gasteiger partial charge in [0.25, 0.3) is 10.1 Å². The van der Waals surface area contributed by atoms with E-state index >= 15 is 0 Å². The van der Waals surface area contributed by atoms with Gasteiger partial charge in [0.15, 0.2) is 15.6 Å². The van der Waals surface area contributed by atoms with Crippen molar-refractivity contribution >= 4 is 65.1 Å². The van der Waals surface area contributed by atoms with Gasteiger partial charge in [0.2, 0.25) is 0 Å². The van der Waals surface area contributed by atoms with Crippen LogP contribution in [0.5, 0.6) is 17.2 Å². The molecule has 230 valence electrons. The zero-order valence-electron chi connectivity index (χ0n) is 23.0. The second-order valence-corrected chi connectivity index (χ2v) is 12.7. The number of phenols is 2. The van der Waals surface area contributed by atoms with Crippen LogP contribution in [0.25, 0.3) is 10.8 Å². The number of methoxy groups -OCH3 is 1. The van der Waals surface area contributed by atoms with E-state index in [0.717, 1.165) is 18.2 Å². The van der Waals surface area contributed by atoms with Gasteiger partial charge in [-0.1, -0.05) is 6.92 Å². The van der Waals surface area contributed by atoms with Crippen molar-refractivity contribution < 1.29 is 46.2 Å². The van der Waals surface area contributed by atoms with Gasteiger partial charge in [-0.25, -0.2) is 8.42 Å². The van der Waals surface area contributed by atoms with Crippen molar-refractivity contribution in [1.29, 1.82) is 0 Å². The summed E-state index contributed by atoms with van der Waals surface area (Å²) in [5, 5.41) is 49.3. The minimum Gasteiger partial charge on any atom is -0.506 e. The normalized spacial score (nSPS) is 12.2. The topological polar surface area (TPSA) is 237 Å². The average molecular weight is 644 g/mol. The fraction of sp³-hybridized carbons (Fsp3) is 0.148. The molecule has 0 bridgehead atoms. The number of carbonyl (C=O) groups is 1. The SMILES string of the molecule is CCS(=O)(=O)c1ccc(/N=N/c2c(NCC(=O)O)ccc3c(O)c(/N=N/c4cc(OC)ccc4O)ccc23)c(S(=O)(=O)O)c1. The molecule has 0 fully saturated rings. The Morgan fingerprint density at radius 2 is 1.50 bits per heavy atom. The van der Waals surface area contributed by atoms with Crippen molar-refractivity contribution in [3.8, 4) is 17.2 Å². The number of hydrogen-bond acceptors (Lipinski definition) is 13. The number of nitrogens with zero attached hydrogens (tertiary/aromatic N) is 4. The number of sulfone groups is 1. The molecule has 0 amide bonds. The second-order valence-electron chi connectivity index (χ2n) is 9.00. The molecule has 5 N–H and O–H groups in total. The van der Waals surface area contributed by atoms with Gasteiger partial charge >= 0.3 is 5.97 Å². The lowest BCUT2D eigenvalue weighted by molar-refractivity contribution is -0.134. The van der Waals surface area contributed by atoms with E-state index in [1.54, 1.807) is 0 Å². The van der Waals surface area contributed by atoms with Crippen LogP contribution >= 0.6 is 0 Å². The molecule has 17 heteroatoms. The molecule has 4 rings (SSSR count). The fourth-order valence-electron chi connectivity index (χ4n) is 3.93. The predicted molar refractivity (Wildman–Crippen MR) is 159 cm³/mol. The highest BCUT2D eigenvalue weighted by Crippen LogP contribution is 2.44. The maximum absolute atomic E-state index is 12.3. The van der Waals surface area contributed by atoms with Gasteiger partial charge in [0, 0.05) is 16.8 Å². The first kappa shape index (κ1) is 31.8. The third-order valence-electron chi connectivity index (χ3n) is 6.21. The number of carboxylic acids is 1. The highest BCUT2D eigenvalue weighted by atomic mass is 32.2. The maximum atomic E-state index is 12.3. The first-order valence-electron chi connectivity index (χ1n) is 12.5. The molecule has 0 heterocycles. The number of carboxylic acid groups (broad SMARTS) is 1. The van der Waals surface area contributed by atoms with E-state index in [4.69, 9.17) is 9.84 Å². The summed E-state index contributed by atoms with van der Waals surface area (Å²) in [5.74, 6) is -1.65. The Hall–Kier alpha value is -5.13. The second kappa shape index (κ2) is 12.6. The lowest BCUT2D eigenvalue weighted by atomic mass is 10.1. The first-order chi connectivity index (χ1) is 20.7. The summed E-state index contributed by atoms with van der Waals surface area (Å²) in [7, 11) is -7.35. The molecule has 0 aliphatic rings. The molecule has 0 spiro atoms. The summed E-state index contributed by atoms with van der Waals surface area (Å²) in [6, 6.07) is 12.9. The van der Waals surface area contributed by atoms with E-state index in [1.807, 2.05) is 0 Å². The van der Waals surface area contributed by atoms with Crippen LogP contribution in [0.1, 0.15) is 6.92 Å². The highest BCUT2D eigenvalue weighted by Gasteiger charge is 2.22. The lowest BCUT2D eigenvalue weighted by Crippen LogP contribution is -2.12. The number of azo groups is 2. The molecule has 0 radical (unpaired) electrons. The molecule has 0 aliphatic carbocycles. The number of fused-ring (bicyclic) bond motifs is 1. The zero-order valence-corrected chi connectivity index (χ0v) is 24.7. The summed E-state index contributed by atoms with van der Waals surface area (Å²) in [6.45, 7) is 0.837. The van der Waals surface area contributed by atoms with E-state index in [2.05, 4.69) is 25.8 Å². The standard InChI is InChI=1S/C27H25N5O10S2/c1-3-43(37,38)16-5-8-19(24(13-16)44(39,40)41)29-32-26-17-6-10-21(30-31-22-12-15(42-2)4-11-23(22)33)27(36)18(17)7-9-20(26)28-14-25(34)35/h4-13,28,33,36H,3,14H2,1-2H3,(H,34,35)(H,39,40,41)/b31-30+,32-29+. The number of ether oxygens (including phenoxy) is 1. The predicted octanol–water partition coefficient (Wildman–Crippen LogP) is 5.63. The number of phenolic OH excluding ortho intramolecular Hbond substituents is 2. The minimum absolute atomic E-state index is 0.00441. The van der Waals surface area contributed by atoms with Crippen molar-refractivity contribution in [3.05, 3.63) is 60.7 Å². The number of nitrogens with one attached hydrogen (secondary N) is 1. The van der Waals surface area contributed by atoms with Crippen LogP contribution in [0.15, 0.2) is 90.9 Å². The number of aromatic hydroxyl groups is 2. The lowest BCUT2D eigenvalue weighted by Gasteiger charge is -2.12. The Morgan fingerprint density at radius 1 is 0.841 bits per heavy atom. The summed E-state index contributed by atoms with van der Waals surface area (Å²) < 4.78 is 63.6. The van der Waals surface area contributed by atoms with Crippen LogP contribution in [0.3, 0.4) is 0 Å². The number of rotatable bonds is 11. The van der Waals surface area contributed by atoms with E-state index in [1.165, 1.54) is 56.5 Å². The average Bonchev–Trinajstić information content (AvgIpc) is 2.98. The van der Waals surface area contributed by atoms with Gasteiger partial charge in [-0.2, -0.15) is 8.42 Å². The molecule has 0 saturated carbocycles. The summed E-state index contributed by atoms with van der Waals surface area (Å²) in [6.07, 6.45) is 0. The molecule has 4 aromatic rings.